The number of carbonyl (C=O) groups excluding carboxylic acids is 1. The van der Waals surface area contributed by atoms with Gasteiger partial charge in [0.1, 0.15) is 11.6 Å². The fourth-order valence-corrected chi connectivity index (χ4v) is 3.89. The van der Waals surface area contributed by atoms with E-state index in [4.69, 9.17) is 27.9 Å². The van der Waals surface area contributed by atoms with Gasteiger partial charge in [0.2, 0.25) is 5.91 Å². The van der Waals surface area contributed by atoms with Crippen molar-refractivity contribution in [2.24, 2.45) is 7.05 Å². The van der Waals surface area contributed by atoms with Crippen LogP contribution in [0.15, 0.2) is 53.7 Å². The van der Waals surface area contributed by atoms with Gasteiger partial charge in [0.15, 0.2) is 5.16 Å². The number of nitrogens with zero attached hydrogens (tertiary/aromatic N) is 3. The van der Waals surface area contributed by atoms with Crippen LogP contribution in [-0.4, -0.2) is 33.0 Å². The van der Waals surface area contributed by atoms with E-state index in [0.717, 1.165) is 17.8 Å². The Morgan fingerprint density at radius 2 is 1.97 bits per heavy atom. The Morgan fingerprint density at radius 3 is 2.73 bits per heavy atom. The van der Waals surface area contributed by atoms with Crippen molar-refractivity contribution in [1.82, 2.24) is 20.1 Å². The number of amides is 1. The van der Waals surface area contributed by atoms with Crippen LogP contribution in [0.1, 0.15) is 17.8 Å². The number of benzene rings is 2. The van der Waals surface area contributed by atoms with Crippen LogP contribution in [0, 0.1) is 0 Å². The molecule has 0 radical (unpaired) electrons. The standard InChI is InChI=1S/C21H22Cl2N4O2S/c1-27-19(8-5-11-29-18-10-9-16(22)12-17(18)23)25-26-21(27)30-14-20(28)24-13-15-6-3-2-4-7-15/h2-4,6-7,9-10,12H,5,8,11,13-14H2,1H3,(H,24,28). The van der Waals surface area contributed by atoms with Crippen molar-refractivity contribution < 1.29 is 9.53 Å². The summed E-state index contributed by atoms with van der Waals surface area (Å²) in [7, 11) is 1.90. The zero-order valence-corrected chi connectivity index (χ0v) is 18.8. The SMILES string of the molecule is Cn1c(CCCOc2ccc(Cl)cc2Cl)nnc1SCC(=O)NCc1ccccc1. The van der Waals surface area contributed by atoms with Gasteiger partial charge < -0.3 is 14.6 Å². The largest absolute Gasteiger partial charge is 0.492 e. The molecular formula is C21H22Cl2N4O2S. The lowest BCUT2D eigenvalue weighted by molar-refractivity contribution is -0.118. The zero-order valence-electron chi connectivity index (χ0n) is 16.5. The van der Waals surface area contributed by atoms with Crippen molar-refractivity contribution in [2.45, 2.75) is 24.5 Å². The van der Waals surface area contributed by atoms with Gasteiger partial charge in [-0.3, -0.25) is 4.79 Å². The van der Waals surface area contributed by atoms with Crippen molar-refractivity contribution in [3.63, 3.8) is 0 Å². The van der Waals surface area contributed by atoms with Crippen LogP contribution in [0.5, 0.6) is 5.75 Å². The van der Waals surface area contributed by atoms with Gasteiger partial charge >= 0.3 is 0 Å². The molecule has 6 nitrogen and oxygen atoms in total. The molecule has 1 N–H and O–H groups in total. The lowest BCUT2D eigenvalue weighted by Crippen LogP contribution is -2.24. The van der Waals surface area contributed by atoms with Crippen LogP contribution >= 0.6 is 35.0 Å². The smallest absolute Gasteiger partial charge is 0.230 e. The monoisotopic (exact) mass is 464 g/mol. The highest BCUT2D eigenvalue weighted by molar-refractivity contribution is 7.99. The van der Waals surface area contributed by atoms with Gasteiger partial charge in [0.25, 0.3) is 0 Å². The summed E-state index contributed by atoms with van der Waals surface area (Å²) in [5.41, 5.74) is 1.07. The predicted octanol–water partition coefficient (Wildman–Crippen LogP) is 4.54. The maximum atomic E-state index is 12.1. The molecule has 0 unspecified atom stereocenters. The molecule has 30 heavy (non-hydrogen) atoms. The molecule has 0 fully saturated rings. The summed E-state index contributed by atoms with van der Waals surface area (Å²) in [5, 5.41) is 13.1. The number of aryl methyl sites for hydroxylation is 1. The van der Waals surface area contributed by atoms with E-state index in [1.165, 1.54) is 11.8 Å². The highest BCUT2D eigenvalue weighted by Crippen LogP contribution is 2.27. The number of ether oxygens (including phenoxy) is 1. The second kappa shape index (κ2) is 11.2. The number of thioether (sulfide) groups is 1. The second-order valence-corrected chi connectivity index (χ2v) is 8.32. The Labute approximate surface area is 189 Å². The molecule has 1 amide bonds. The molecule has 1 aromatic heterocycles. The number of rotatable bonds is 10. The summed E-state index contributed by atoms with van der Waals surface area (Å²) in [4.78, 5) is 12.1. The molecule has 0 saturated heterocycles. The molecule has 0 atom stereocenters. The summed E-state index contributed by atoms with van der Waals surface area (Å²) in [6.07, 6.45) is 1.46. The van der Waals surface area contributed by atoms with E-state index in [1.807, 2.05) is 41.9 Å². The average molecular weight is 465 g/mol. The van der Waals surface area contributed by atoms with E-state index in [0.29, 0.717) is 40.5 Å². The normalized spacial score (nSPS) is 10.8. The minimum atomic E-state index is -0.0401. The summed E-state index contributed by atoms with van der Waals surface area (Å²) in [6.45, 7) is 1.01. The van der Waals surface area contributed by atoms with Crippen molar-refractivity contribution in [2.75, 3.05) is 12.4 Å². The molecule has 0 saturated carbocycles. The Morgan fingerprint density at radius 1 is 1.17 bits per heavy atom. The van der Waals surface area contributed by atoms with Crippen molar-refractivity contribution in [3.05, 3.63) is 70.0 Å². The number of aromatic nitrogens is 3. The molecule has 1 heterocycles. The van der Waals surface area contributed by atoms with Gasteiger partial charge in [0.05, 0.1) is 17.4 Å². The lowest BCUT2D eigenvalue weighted by Gasteiger charge is -2.08. The molecule has 0 aliphatic heterocycles. The van der Waals surface area contributed by atoms with E-state index in [9.17, 15) is 4.79 Å². The molecule has 0 bridgehead atoms. The predicted molar refractivity (Wildman–Crippen MR) is 120 cm³/mol. The van der Waals surface area contributed by atoms with E-state index in [-0.39, 0.29) is 11.7 Å². The van der Waals surface area contributed by atoms with Crippen LogP contribution in [0.4, 0.5) is 0 Å². The number of carbonyl (C=O) groups is 1. The quantitative estimate of drug-likeness (QED) is 0.352. The van der Waals surface area contributed by atoms with E-state index in [2.05, 4.69) is 15.5 Å². The van der Waals surface area contributed by atoms with Crippen molar-refractivity contribution >= 4 is 40.9 Å². The van der Waals surface area contributed by atoms with Gasteiger partial charge in [-0.05, 0) is 30.2 Å². The summed E-state index contributed by atoms with van der Waals surface area (Å²) in [6, 6.07) is 15.0. The Balaban J connectivity index is 1.40. The molecule has 158 valence electrons. The molecule has 3 rings (SSSR count). The first-order chi connectivity index (χ1) is 14.5. The first kappa shape index (κ1) is 22.5. The molecule has 2 aromatic carbocycles. The fraction of sp³-hybridized carbons (Fsp3) is 0.286. The zero-order chi connectivity index (χ0) is 21.3. The number of hydrogen-bond donors (Lipinski definition) is 1. The molecule has 0 aliphatic rings. The van der Waals surface area contributed by atoms with Gasteiger partial charge in [-0.2, -0.15) is 0 Å². The minimum Gasteiger partial charge on any atom is -0.492 e. The summed E-state index contributed by atoms with van der Waals surface area (Å²) in [5.74, 6) is 1.70. The molecule has 0 spiro atoms. The third kappa shape index (κ3) is 6.65. The Hall–Kier alpha value is -2.22. The van der Waals surface area contributed by atoms with Gasteiger partial charge in [0, 0.05) is 25.0 Å². The topological polar surface area (TPSA) is 69.0 Å². The first-order valence-corrected chi connectivity index (χ1v) is 11.2. The van der Waals surface area contributed by atoms with Crippen LogP contribution in [0.25, 0.3) is 0 Å². The van der Waals surface area contributed by atoms with Crippen LogP contribution in [-0.2, 0) is 24.8 Å². The van der Waals surface area contributed by atoms with E-state index >= 15 is 0 Å². The van der Waals surface area contributed by atoms with Crippen molar-refractivity contribution in [3.8, 4) is 5.75 Å². The molecule has 0 aliphatic carbocycles. The van der Waals surface area contributed by atoms with Crippen LogP contribution in [0.2, 0.25) is 10.0 Å². The third-order valence-electron chi connectivity index (χ3n) is 4.29. The van der Waals surface area contributed by atoms with Gasteiger partial charge in [-0.15, -0.1) is 10.2 Å². The van der Waals surface area contributed by atoms with Gasteiger partial charge in [-0.25, -0.2) is 0 Å². The van der Waals surface area contributed by atoms with Crippen LogP contribution in [0.3, 0.4) is 0 Å². The second-order valence-electron chi connectivity index (χ2n) is 6.54. The number of halogens is 2. The Bertz CT molecular complexity index is 982. The molecule has 9 heteroatoms. The number of hydrogen-bond acceptors (Lipinski definition) is 5. The highest BCUT2D eigenvalue weighted by atomic mass is 35.5. The highest BCUT2D eigenvalue weighted by Gasteiger charge is 2.11. The molecular weight excluding hydrogens is 443 g/mol. The maximum Gasteiger partial charge on any atom is 0.230 e. The van der Waals surface area contributed by atoms with E-state index in [1.54, 1.807) is 18.2 Å². The first-order valence-electron chi connectivity index (χ1n) is 9.42. The fourth-order valence-electron chi connectivity index (χ4n) is 2.67. The molecule has 3 aromatic rings. The maximum absolute atomic E-state index is 12.1. The number of nitrogens with one attached hydrogen (secondary N) is 1. The van der Waals surface area contributed by atoms with E-state index < -0.39 is 0 Å². The third-order valence-corrected chi connectivity index (χ3v) is 5.84. The summed E-state index contributed by atoms with van der Waals surface area (Å²) < 4.78 is 7.60. The summed E-state index contributed by atoms with van der Waals surface area (Å²) >= 11 is 13.4. The van der Waals surface area contributed by atoms with Crippen molar-refractivity contribution in [1.29, 1.82) is 0 Å². The Kier molecular flexibility index (Phi) is 8.42. The minimum absolute atomic E-state index is 0.0401. The lowest BCUT2D eigenvalue weighted by atomic mass is 10.2. The van der Waals surface area contributed by atoms with Crippen LogP contribution < -0.4 is 10.1 Å². The average Bonchev–Trinajstić information content (AvgIpc) is 3.09. The van der Waals surface area contributed by atoms with Gasteiger partial charge in [-0.1, -0.05) is 65.3 Å².